The Hall–Kier alpha value is -0.610. The van der Waals surface area contributed by atoms with Crippen LogP contribution in [-0.2, 0) is 4.79 Å². The molecule has 34 heavy (non-hydrogen) atoms. The number of hydrogen-bond acceptors (Lipinski definition) is 3. The minimum Gasteiger partial charge on any atom is -0.481 e. The van der Waals surface area contributed by atoms with Gasteiger partial charge in [-0.15, -0.1) is 0 Å². The summed E-state index contributed by atoms with van der Waals surface area (Å²) in [6.07, 6.45) is 9.02. The van der Waals surface area contributed by atoms with Crippen LogP contribution in [-0.4, -0.2) is 33.5 Å². The number of aliphatic carboxylic acids is 1. The maximum absolute atomic E-state index is 12.9. The number of aliphatic hydroxyl groups excluding tert-OH is 2. The van der Waals surface area contributed by atoms with Crippen LogP contribution >= 0.6 is 0 Å². The fraction of sp³-hybridized carbons (Fsp3) is 0.967. The molecule has 4 heteroatoms. The van der Waals surface area contributed by atoms with E-state index in [1.54, 1.807) is 0 Å². The second-order valence-electron chi connectivity index (χ2n) is 15.3. The highest BCUT2D eigenvalue weighted by atomic mass is 16.4. The summed E-state index contributed by atoms with van der Waals surface area (Å²) in [4.78, 5) is 12.9. The summed E-state index contributed by atoms with van der Waals surface area (Å²) < 4.78 is 0. The predicted molar refractivity (Wildman–Crippen MR) is 132 cm³/mol. The highest BCUT2D eigenvalue weighted by Crippen LogP contribution is 2.91. The van der Waals surface area contributed by atoms with Gasteiger partial charge >= 0.3 is 5.97 Å². The molecule has 0 heterocycles. The molecule has 12 atom stereocenters. The molecule has 0 aromatic heterocycles. The van der Waals surface area contributed by atoms with Crippen molar-refractivity contribution in [1.29, 1.82) is 0 Å². The summed E-state index contributed by atoms with van der Waals surface area (Å²) in [7, 11) is 0. The van der Waals surface area contributed by atoms with Crippen LogP contribution in [0.15, 0.2) is 0 Å². The minimum atomic E-state index is -0.645. The monoisotopic (exact) mass is 472 g/mol. The van der Waals surface area contributed by atoms with Gasteiger partial charge in [0.1, 0.15) is 0 Å². The van der Waals surface area contributed by atoms with Crippen molar-refractivity contribution >= 4 is 5.97 Å². The van der Waals surface area contributed by atoms with E-state index in [9.17, 15) is 20.1 Å². The van der Waals surface area contributed by atoms with Gasteiger partial charge < -0.3 is 15.3 Å². The number of aliphatic hydroxyl groups is 2. The third kappa shape index (κ3) is 2.30. The van der Waals surface area contributed by atoms with Crippen LogP contribution < -0.4 is 0 Å². The molecule has 0 spiro atoms. The summed E-state index contributed by atoms with van der Waals surface area (Å²) in [5, 5.41) is 33.6. The molecule has 6 rings (SSSR count). The van der Waals surface area contributed by atoms with E-state index in [4.69, 9.17) is 0 Å². The Kier molecular flexibility index (Phi) is 4.63. The molecule has 0 aromatic carbocycles. The largest absolute Gasteiger partial charge is 0.481 e. The van der Waals surface area contributed by atoms with Crippen LogP contribution in [0.1, 0.15) is 106 Å². The molecule has 6 aliphatic rings. The van der Waals surface area contributed by atoms with Crippen molar-refractivity contribution in [3.63, 3.8) is 0 Å². The van der Waals surface area contributed by atoms with Gasteiger partial charge in [-0.25, -0.2) is 0 Å². The van der Waals surface area contributed by atoms with E-state index in [2.05, 4.69) is 41.5 Å². The molecule has 0 radical (unpaired) electrons. The van der Waals surface area contributed by atoms with Crippen molar-refractivity contribution in [1.82, 2.24) is 0 Å². The van der Waals surface area contributed by atoms with E-state index in [1.165, 1.54) is 6.42 Å². The molecule has 6 saturated carbocycles. The zero-order valence-corrected chi connectivity index (χ0v) is 22.4. The first kappa shape index (κ1) is 23.8. The smallest absolute Gasteiger partial charge is 0.309 e. The van der Waals surface area contributed by atoms with Gasteiger partial charge in [0.05, 0.1) is 17.6 Å². The maximum atomic E-state index is 12.9. The van der Waals surface area contributed by atoms with Crippen molar-refractivity contribution in [3.8, 4) is 0 Å². The summed E-state index contributed by atoms with van der Waals surface area (Å²) in [5.74, 6) is 1.30. The zero-order chi connectivity index (χ0) is 24.7. The van der Waals surface area contributed by atoms with E-state index < -0.39 is 17.5 Å². The lowest BCUT2D eigenvalue weighted by atomic mass is 9.34. The Morgan fingerprint density at radius 1 is 0.824 bits per heavy atom. The molecule has 6 aliphatic carbocycles. The number of carboxylic acids is 1. The molecule has 0 aliphatic heterocycles. The van der Waals surface area contributed by atoms with Crippen LogP contribution in [0.3, 0.4) is 0 Å². The van der Waals surface area contributed by atoms with Gasteiger partial charge in [-0.3, -0.25) is 4.79 Å². The van der Waals surface area contributed by atoms with E-state index in [-0.39, 0.29) is 39.1 Å². The minimum absolute atomic E-state index is 0.0887. The quantitative estimate of drug-likeness (QED) is 0.444. The summed E-state index contributed by atoms with van der Waals surface area (Å²) in [6.45, 7) is 14.2. The lowest BCUT2D eigenvalue weighted by Gasteiger charge is -2.70. The van der Waals surface area contributed by atoms with Gasteiger partial charge in [-0.1, -0.05) is 41.5 Å². The molecule has 4 nitrogen and oxygen atoms in total. The Morgan fingerprint density at radius 2 is 1.53 bits per heavy atom. The number of fused-ring (bicyclic) bond motifs is 4. The van der Waals surface area contributed by atoms with Gasteiger partial charge in [0.2, 0.25) is 0 Å². The predicted octanol–water partition coefficient (Wildman–Crippen LogP) is 5.89. The van der Waals surface area contributed by atoms with Gasteiger partial charge in [-0.2, -0.15) is 0 Å². The topological polar surface area (TPSA) is 77.8 Å². The van der Waals surface area contributed by atoms with Gasteiger partial charge in [0.15, 0.2) is 0 Å². The van der Waals surface area contributed by atoms with Crippen molar-refractivity contribution in [2.24, 2.45) is 62.1 Å². The van der Waals surface area contributed by atoms with Crippen LogP contribution in [0.4, 0.5) is 0 Å². The fourth-order valence-corrected chi connectivity index (χ4v) is 12.7. The lowest BCUT2D eigenvalue weighted by molar-refractivity contribution is -0.249. The van der Waals surface area contributed by atoms with Crippen LogP contribution in [0.25, 0.3) is 0 Å². The third-order valence-electron chi connectivity index (χ3n) is 14.6. The molecule has 0 amide bonds. The Balaban J connectivity index is 1.46. The molecule has 3 N–H and O–H groups in total. The van der Waals surface area contributed by atoms with Crippen LogP contribution in [0, 0.1) is 62.1 Å². The number of rotatable bonds is 1. The first-order valence-electron chi connectivity index (χ1n) is 14.3. The zero-order valence-electron chi connectivity index (χ0n) is 22.4. The summed E-state index contributed by atoms with van der Waals surface area (Å²) in [5.41, 5.74) is -0.573. The second-order valence-corrected chi connectivity index (χ2v) is 15.3. The molecule has 0 bridgehead atoms. The first-order chi connectivity index (χ1) is 15.7. The lowest BCUT2D eigenvalue weighted by Crippen LogP contribution is -2.67. The number of carboxylic acid groups (broad SMARTS) is 1. The fourth-order valence-electron chi connectivity index (χ4n) is 12.7. The Labute approximate surface area is 206 Å². The first-order valence-corrected chi connectivity index (χ1v) is 14.3. The van der Waals surface area contributed by atoms with Crippen molar-refractivity contribution < 1.29 is 20.1 Å². The molecule has 12 unspecified atom stereocenters. The standard InChI is InChI=1S/C30H48O4/c1-17-7-12-28(24(33)34)13-14-29-16-30(29,23(28)18(17)2)22(32)15-20-26(5)10-9-21(31)25(3,4)19(26)8-11-27(20,29)6/h17-23,31-32H,7-16H2,1-6H3,(H,33,34). The molecule has 192 valence electrons. The number of hydrogen-bond donors (Lipinski definition) is 3. The average molecular weight is 473 g/mol. The van der Waals surface area contributed by atoms with Crippen molar-refractivity contribution in [2.45, 2.75) is 118 Å². The van der Waals surface area contributed by atoms with Gasteiger partial charge in [0, 0.05) is 5.41 Å². The summed E-state index contributed by atoms with van der Waals surface area (Å²) >= 11 is 0. The normalized spacial score (nSPS) is 61.7. The van der Waals surface area contributed by atoms with E-state index in [1.807, 2.05) is 0 Å². The van der Waals surface area contributed by atoms with Crippen molar-refractivity contribution in [2.75, 3.05) is 0 Å². The van der Waals surface area contributed by atoms with Crippen LogP contribution in [0.2, 0.25) is 0 Å². The maximum Gasteiger partial charge on any atom is 0.309 e. The Morgan fingerprint density at radius 3 is 2.21 bits per heavy atom. The molecule has 0 saturated heterocycles. The van der Waals surface area contributed by atoms with Crippen LogP contribution in [0.5, 0.6) is 0 Å². The van der Waals surface area contributed by atoms with E-state index in [0.29, 0.717) is 23.7 Å². The highest BCUT2D eigenvalue weighted by Gasteiger charge is 2.88. The third-order valence-corrected chi connectivity index (χ3v) is 14.6. The second kappa shape index (κ2) is 6.63. The molecule has 0 aromatic rings. The average Bonchev–Trinajstić information content (AvgIpc) is 3.49. The molecular formula is C30H48O4. The van der Waals surface area contributed by atoms with E-state index >= 15 is 0 Å². The van der Waals surface area contributed by atoms with E-state index in [0.717, 1.165) is 57.8 Å². The van der Waals surface area contributed by atoms with Gasteiger partial charge in [-0.05, 0) is 115 Å². The highest BCUT2D eigenvalue weighted by molar-refractivity contribution is 5.76. The Bertz CT molecular complexity index is 913. The molecule has 6 fully saturated rings. The van der Waals surface area contributed by atoms with Gasteiger partial charge in [0.25, 0.3) is 0 Å². The SMILES string of the molecule is CC1CCC2(C(=O)O)CCC34CC3(C(O)CC3C5(C)CCC(O)C(C)(C)C5CCC34C)C2C1C. The van der Waals surface area contributed by atoms with Crippen molar-refractivity contribution in [3.05, 3.63) is 0 Å². The number of carbonyl (C=O) groups is 1. The molecular weight excluding hydrogens is 424 g/mol. The summed E-state index contributed by atoms with van der Waals surface area (Å²) in [6, 6.07) is 0.